The first-order valence-corrected chi connectivity index (χ1v) is 10.4. The van der Waals surface area contributed by atoms with Crippen LogP contribution in [0.2, 0.25) is 0 Å². The molecule has 6 rings (SSSR count). The maximum absolute atomic E-state index is 13.2. The molecule has 0 bridgehead atoms. The van der Waals surface area contributed by atoms with E-state index in [4.69, 9.17) is 4.42 Å². The van der Waals surface area contributed by atoms with Crippen LogP contribution in [0.3, 0.4) is 0 Å². The number of benzene rings is 1. The summed E-state index contributed by atoms with van der Waals surface area (Å²) in [6.45, 7) is 2.72. The summed E-state index contributed by atoms with van der Waals surface area (Å²) < 4.78 is 7.47. The highest BCUT2D eigenvalue weighted by Gasteiger charge is 2.46. The number of pyridine rings is 2. The summed E-state index contributed by atoms with van der Waals surface area (Å²) >= 11 is 0. The van der Waals surface area contributed by atoms with E-state index in [0.29, 0.717) is 39.2 Å². The minimum absolute atomic E-state index is 0.000201. The van der Waals surface area contributed by atoms with E-state index in [1.165, 1.54) is 12.8 Å². The Morgan fingerprint density at radius 2 is 2.07 bits per heavy atom. The van der Waals surface area contributed by atoms with E-state index in [2.05, 4.69) is 15.3 Å². The van der Waals surface area contributed by atoms with Crippen molar-refractivity contribution in [3.05, 3.63) is 52.8 Å². The summed E-state index contributed by atoms with van der Waals surface area (Å²) in [5.41, 5.74) is 3.22. The number of aromatic nitrogens is 3. The van der Waals surface area contributed by atoms with Gasteiger partial charge in [0.2, 0.25) is 0 Å². The van der Waals surface area contributed by atoms with E-state index in [9.17, 15) is 9.90 Å². The molecule has 2 aliphatic rings. The fourth-order valence-corrected chi connectivity index (χ4v) is 4.76. The van der Waals surface area contributed by atoms with E-state index < -0.39 is 0 Å². The van der Waals surface area contributed by atoms with Gasteiger partial charge in [-0.1, -0.05) is 0 Å². The van der Waals surface area contributed by atoms with Gasteiger partial charge in [-0.05, 0) is 56.5 Å². The van der Waals surface area contributed by atoms with Crippen LogP contribution in [0.15, 0.2) is 45.7 Å². The summed E-state index contributed by atoms with van der Waals surface area (Å²) in [5.74, 6) is 0.625. The first-order valence-electron chi connectivity index (χ1n) is 10.4. The molecule has 1 saturated heterocycles. The van der Waals surface area contributed by atoms with Crippen LogP contribution in [-0.4, -0.2) is 31.7 Å². The second-order valence-electron chi connectivity index (χ2n) is 8.58. The predicted octanol–water partition coefficient (Wildman–Crippen LogP) is 3.68. The molecular formula is C23H22N4O3. The third-order valence-corrected chi connectivity index (χ3v) is 6.52. The number of piperidine rings is 1. The van der Waals surface area contributed by atoms with Crippen LogP contribution in [0, 0.1) is 6.92 Å². The first kappa shape index (κ1) is 17.7. The van der Waals surface area contributed by atoms with Gasteiger partial charge in [-0.2, -0.15) is 0 Å². The van der Waals surface area contributed by atoms with Gasteiger partial charge in [0.15, 0.2) is 11.5 Å². The fraction of sp³-hybridized carbons (Fsp3) is 0.348. The quantitative estimate of drug-likeness (QED) is 0.531. The van der Waals surface area contributed by atoms with E-state index in [1.54, 1.807) is 31.2 Å². The Morgan fingerprint density at radius 1 is 1.20 bits per heavy atom. The molecule has 1 aliphatic carbocycles. The molecular weight excluding hydrogens is 380 g/mol. The maximum Gasteiger partial charge on any atom is 0.260 e. The van der Waals surface area contributed by atoms with Crippen molar-refractivity contribution >= 4 is 22.0 Å². The average molecular weight is 402 g/mol. The first-order chi connectivity index (χ1) is 14.5. The van der Waals surface area contributed by atoms with Gasteiger partial charge in [-0.3, -0.25) is 4.79 Å². The molecule has 2 N–H and O–H groups in total. The van der Waals surface area contributed by atoms with Crippen LogP contribution in [0.5, 0.6) is 5.75 Å². The molecule has 1 unspecified atom stereocenters. The van der Waals surface area contributed by atoms with Crippen LogP contribution in [0.25, 0.3) is 33.3 Å². The van der Waals surface area contributed by atoms with Crippen molar-refractivity contribution in [2.75, 3.05) is 6.54 Å². The lowest BCUT2D eigenvalue weighted by molar-refractivity contribution is 0.282. The molecule has 152 valence electrons. The topological polar surface area (TPSA) is 93.2 Å². The molecule has 30 heavy (non-hydrogen) atoms. The van der Waals surface area contributed by atoms with Gasteiger partial charge in [-0.25, -0.2) is 9.97 Å². The van der Waals surface area contributed by atoms with Gasteiger partial charge >= 0.3 is 0 Å². The number of phenolic OH excluding ortho intramolecular Hbond substituents is 1. The number of aromatic hydroxyl groups is 1. The van der Waals surface area contributed by atoms with Crippen LogP contribution < -0.4 is 10.9 Å². The lowest BCUT2D eigenvalue weighted by Gasteiger charge is -2.31. The van der Waals surface area contributed by atoms with E-state index in [0.717, 1.165) is 19.4 Å². The standard InChI is InChI=1S/C23H22N4O3/c1-13-25-19-11-20(28)16(10-21(19)30-13)17-3-2-15-18(26-17)5-9-27(22(15)29)14-4-8-24-23(12-14)6-7-23/h2-3,5,9-11,14,24,28H,4,6-8,12H2,1H3. The Labute approximate surface area is 172 Å². The third-order valence-electron chi connectivity index (χ3n) is 6.52. The summed E-state index contributed by atoms with van der Waals surface area (Å²) in [7, 11) is 0. The Hall–Kier alpha value is -3.19. The summed E-state index contributed by atoms with van der Waals surface area (Å²) in [4.78, 5) is 22.1. The number of aryl methyl sites for hydroxylation is 1. The molecule has 1 aromatic carbocycles. The molecule has 1 spiro atoms. The van der Waals surface area contributed by atoms with Crippen LogP contribution in [0.1, 0.15) is 37.6 Å². The van der Waals surface area contributed by atoms with Gasteiger partial charge in [0, 0.05) is 36.3 Å². The molecule has 7 nitrogen and oxygen atoms in total. The summed E-state index contributed by atoms with van der Waals surface area (Å²) in [5, 5.41) is 14.7. The van der Waals surface area contributed by atoms with Crippen LogP contribution >= 0.6 is 0 Å². The van der Waals surface area contributed by atoms with Crippen molar-refractivity contribution in [1.82, 2.24) is 19.9 Å². The normalized spacial score (nSPS) is 20.2. The number of hydrogen-bond acceptors (Lipinski definition) is 6. The van der Waals surface area contributed by atoms with Crippen molar-refractivity contribution in [1.29, 1.82) is 0 Å². The number of hydrogen-bond donors (Lipinski definition) is 2. The minimum atomic E-state index is -0.000201. The zero-order valence-corrected chi connectivity index (χ0v) is 16.7. The van der Waals surface area contributed by atoms with Crippen molar-refractivity contribution in [2.24, 2.45) is 0 Å². The van der Waals surface area contributed by atoms with Crippen LogP contribution in [-0.2, 0) is 0 Å². The zero-order chi connectivity index (χ0) is 20.5. The molecule has 7 heteroatoms. The number of phenols is 1. The van der Waals surface area contributed by atoms with Crippen molar-refractivity contribution in [3.63, 3.8) is 0 Å². The van der Waals surface area contributed by atoms with E-state index in [-0.39, 0.29) is 22.9 Å². The monoisotopic (exact) mass is 402 g/mol. The zero-order valence-electron chi connectivity index (χ0n) is 16.7. The Kier molecular flexibility index (Phi) is 3.62. The predicted molar refractivity (Wildman–Crippen MR) is 114 cm³/mol. The largest absolute Gasteiger partial charge is 0.507 e. The van der Waals surface area contributed by atoms with E-state index >= 15 is 0 Å². The number of nitrogens with one attached hydrogen (secondary N) is 1. The Morgan fingerprint density at radius 3 is 2.90 bits per heavy atom. The molecule has 2 fully saturated rings. The highest BCUT2D eigenvalue weighted by atomic mass is 16.3. The van der Waals surface area contributed by atoms with E-state index in [1.807, 2.05) is 16.8 Å². The number of fused-ring (bicyclic) bond motifs is 2. The minimum Gasteiger partial charge on any atom is -0.507 e. The SMILES string of the molecule is Cc1nc2cc(O)c(-c3ccc4c(=O)n(C5CCNC6(CC6)C5)ccc4n3)cc2o1. The Bertz CT molecular complexity index is 1370. The lowest BCUT2D eigenvalue weighted by atomic mass is 9.97. The second-order valence-corrected chi connectivity index (χ2v) is 8.58. The summed E-state index contributed by atoms with van der Waals surface area (Å²) in [6.07, 6.45) is 6.25. The Balaban J connectivity index is 1.42. The van der Waals surface area contributed by atoms with Gasteiger partial charge in [-0.15, -0.1) is 0 Å². The number of rotatable bonds is 2. The van der Waals surface area contributed by atoms with Gasteiger partial charge in [0.25, 0.3) is 5.56 Å². The third kappa shape index (κ3) is 2.73. The molecule has 0 amide bonds. The average Bonchev–Trinajstić information content (AvgIpc) is 3.37. The molecule has 1 atom stereocenters. The smallest absolute Gasteiger partial charge is 0.260 e. The molecule has 4 aromatic rings. The fourth-order valence-electron chi connectivity index (χ4n) is 4.76. The van der Waals surface area contributed by atoms with Gasteiger partial charge in [0.1, 0.15) is 11.3 Å². The molecule has 1 aliphatic heterocycles. The highest BCUT2D eigenvalue weighted by molar-refractivity contribution is 5.86. The molecule has 4 heterocycles. The molecule has 1 saturated carbocycles. The second kappa shape index (κ2) is 6.15. The number of nitrogens with zero attached hydrogens (tertiary/aromatic N) is 3. The highest BCUT2D eigenvalue weighted by Crippen LogP contribution is 2.45. The van der Waals surface area contributed by atoms with Crippen molar-refractivity contribution in [2.45, 2.75) is 44.2 Å². The van der Waals surface area contributed by atoms with Crippen molar-refractivity contribution in [3.8, 4) is 17.0 Å². The van der Waals surface area contributed by atoms with Crippen molar-refractivity contribution < 1.29 is 9.52 Å². The van der Waals surface area contributed by atoms with Gasteiger partial charge in [0.05, 0.1) is 16.6 Å². The maximum atomic E-state index is 13.2. The van der Waals surface area contributed by atoms with Gasteiger partial charge < -0.3 is 19.4 Å². The number of oxazole rings is 1. The summed E-state index contributed by atoms with van der Waals surface area (Å²) in [6, 6.07) is 9.03. The lowest BCUT2D eigenvalue weighted by Crippen LogP contribution is -2.42. The molecule has 3 aromatic heterocycles. The molecule has 0 radical (unpaired) electrons. The van der Waals surface area contributed by atoms with Crippen LogP contribution in [0.4, 0.5) is 0 Å².